The molecule has 2 unspecified atom stereocenters. The first-order valence-corrected chi connectivity index (χ1v) is 6.65. The fraction of sp³-hybridized carbons (Fsp3) is 0.600. The summed E-state index contributed by atoms with van der Waals surface area (Å²) in [5.74, 6) is 1.61. The molecule has 0 amide bonds. The van der Waals surface area contributed by atoms with Crippen molar-refractivity contribution in [3.05, 3.63) is 24.3 Å². The number of aliphatic hydroxyl groups excluding tert-OH is 1. The Labute approximate surface area is 109 Å². The summed E-state index contributed by atoms with van der Waals surface area (Å²) < 4.78 is 11.2. The number of rotatable bonds is 5. The van der Waals surface area contributed by atoms with E-state index >= 15 is 0 Å². The van der Waals surface area contributed by atoms with Crippen LogP contribution >= 0.6 is 0 Å². The summed E-state index contributed by atoms with van der Waals surface area (Å²) in [4.78, 5) is 0. The van der Waals surface area contributed by atoms with Crippen molar-refractivity contribution in [2.24, 2.45) is 5.41 Å². The Morgan fingerprint density at radius 1 is 1.28 bits per heavy atom. The predicted molar refractivity (Wildman–Crippen MR) is 71.0 cm³/mol. The third-order valence-electron chi connectivity index (χ3n) is 4.38. The molecule has 0 aromatic heterocycles. The van der Waals surface area contributed by atoms with Crippen LogP contribution in [0.5, 0.6) is 11.5 Å². The molecular formula is C15H22O3. The molecule has 2 rings (SSSR count). The molecule has 0 aliphatic heterocycles. The van der Waals surface area contributed by atoms with Crippen molar-refractivity contribution >= 4 is 0 Å². The number of hydrogen-bond donors (Lipinski definition) is 1. The first kappa shape index (κ1) is 13.2. The van der Waals surface area contributed by atoms with Crippen molar-refractivity contribution in [2.45, 2.75) is 45.3 Å². The number of ether oxygens (including phenoxy) is 2. The third kappa shape index (κ3) is 2.07. The Kier molecular flexibility index (Phi) is 3.81. The van der Waals surface area contributed by atoms with E-state index in [1.54, 1.807) is 7.11 Å². The van der Waals surface area contributed by atoms with Crippen molar-refractivity contribution < 1.29 is 14.6 Å². The van der Waals surface area contributed by atoms with E-state index in [2.05, 4.69) is 13.8 Å². The highest BCUT2D eigenvalue weighted by atomic mass is 16.5. The molecule has 0 heterocycles. The molecule has 3 nitrogen and oxygen atoms in total. The van der Waals surface area contributed by atoms with E-state index in [0.717, 1.165) is 30.8 Å². The molecule has 1 aliphatic rings. The fourth-order valence-corrected chi connectivity index (χ4v) is 2.91. The van der Waals surface area contributed by atoms with Crippen LogP contribution < -0.4 is 9.47 Å². The topological polar surface area (TPSA) is 38.7 Å². The lowest BCUT2D eigenvalue weighted by Gasteiger charge is -2.52. The van der Waals surface area contributed by atoms with Gasteiger partial charge in [0.1, 0.15) is 17.6 Å². The quantitative estimate of drug-likeness (QED) is 0.873. The average molecular weight is 250 g/mol. The van der Waals surface area contributed by atoms with Crippen LogP contribution in [0.2, 0.25) is 0 Å². The molecule has 18 heavy (non-hydrogen) atoms. The summed E-state index contributed by atoms with van der Waals surface area (Å²) >= 11 is 0. The predicted octanol–water partition coefficient (Wildman–Crippen LogP) is 3.01. The van der Waals surface area contributed by atoms with Gasteiger partial charge in [-0.3, -0.25) is 0 Å². The van der Waals surface area contributed by atoms with E-state index in [9.17, 15) is 5.11 Å². The monoisotopic (exact) mass is 250 g/mol. The lowest BCUT2D eigenvalue weighted by molar-refractivity contribution is -0.159. The highest BCUT2D eigenvalue weighted by molar-refractivity contribution is 5.33. The third-order valence-corrected chi connectivity index (χ3v) is 4.38. The van der Waals surface area contributed by atoms with Crippen LogP contribution in [-0.2, 0) is 0 Å². The molecule has 100 valence electrons. The Morgan fingerprint density at radius 3 is 2.50 bits per heavy atom. The largest absolute Gasteiger partial charge is 0.497 e. The van der Waals surface area contributed by atoms with Gasteiger partial charge in [-0.05, 0) is 25.0 Å². The molecule has 3 heteroatoms. The highest BCUT2D eigenvalue weighted by Gasteiger charge is 2.53. The van der Waals surface area contributed by atoms with Crippen molar-refractivity contribution in [1.82, 2.24) is 0 Å². The minimum absolute atomic E-state index is 0.0803. The second kappa shape index (κ2) is 5.19. The van der Waals surface area contributed by atoms with Crippen LogP contribution in [0.4, 0.5) is 0 Å². The molecule has 1 aliphatic carbocycles. The van der Waals surface area contributed by atoms with E-state index < -0.39 is 0 Å². The summed E-state index contributed by atoms with van der Waals surface area (Å²) in [6, 6.07) is 7.64. The summed E-state index contributed by atoms with van der Waals surface area (Å²) in [6.07, 6.45) is 2.48. The zero-order valence-electron chi connectivity index (χ0n) is 11.3. The second-order valence-electron chi connectivity index (χ2n) is 4.98. The normalized spacial score (nSPS) is 25.3. The number of aliphatic hydroxyl groups is 1. The van der Waals surface area contributed by atoms with Crippen molar-refractivity contribution in [3.63, 3.8) is 0 Å². The van der Waals surface area contributed by atoms with Crippen molar-refractivity contribution in [2.75, 3.05) is 7.11 Å². The number of hydrogen-bond acceptors (Lipinski definition) is 3. The van der Waals surface area contributed by atoms with Crippen LogP contribution in [-0.4, -0.2) is 24.4 Å². The van der Waals surface area contributed by atoms with E-state index in [-0.39, 0.29) is 17.6 Å². The van der Waals surface area contributed by atoms with Gasteiger partial charge < -0.3 is 14.6 Å². The molecule has 0 saturated heterocycles. The fourth-order valence-electron chi connectivity index (χ4n) is 2.91. The molecule has 2 atom stereocenters. The molecule has 0 bridgehead atoms. The van der Waals surface area contributed by atoms with Gasteiger partial charge in [0.25, 0.3) is 0 Å². The molecule has 0 radical (unpaired) electrons. The zero-order chi connectivity index (χ0) is 13.2. The maximum absolute atomic E-state index is 10.0. The molecule has 1 saturated carbocycles. The molecular weight excluding hydrogens is 228 g/mol. The van der Waals surface area contributed by atoms with Gasteiger partial charge in [-0.25, -0.2) is 0 Å². The van der Waals surface area contributed by atoms with Gasteiger partial charge in [0.05, 0.1) is 13.2 Å². The van der Waals surface area contributed by atoms with Crippen LogP contribution in [0.3, 0.4) is 0 Å². The van der Waals surface area contributed by atoms with Crippen LogP contribution in [0.15, 0.2) is 24.3 Å². The van der Waals surface area contributed by atoms with Crippen LogP contribution in [0.25, 0.3) is 0 Å². The molecule has 1 N–H and O–H groups in total. The summed E-state index contributed by atoms with van der Waals surface area (Å²) in [6.45, 7) is 4.24. The van der Waals surface area contributed by atoms with Crippen LogP contribution in [0.1, 0.15) is 33.1 Å². The Hall–Kier alpha value is -1.22. The highest BCUT2D eigenvalue weighted by Crippen LogP contribution is 2.49. The van der Waals surface area contributed by atoms with E-state index in [0.29, 0.717) is 0 Å². The molecule has 1 aromatic carbocycles. The zero-order valence-corrected chi connectivity index (χ0v) is 11.3. The smallest absolute Gasteiger partial charge is 0.123 e. The van der Waals surface area contributed by atoms with Gasteiger partial charge in [-0.15, -0.1) is 0 Å². The Bertz CT molecular complexity index is 398. The Balaban J connectivity index is 2.10. The van der Waals surface area contributed by atoms with Crippen LogP contribution in [0, 0.1) is 5.41 Å². The minimum Gasteiger partial charge on any atom is -0.497 e. The SMILES string of the molecule is CCC1(CC)C(O)CC1Oc1cccc(OC)c1. The van der Waals surface area contributed by atoms with Gasteiger partial charge in [-0.1, -0.05) is 19.9 Å². The van der Waals surface area contributed by atoms with Gasteiger partial charge in [0.2, 0.25) is 0 Å². The maximum atomic E-state index is 10.0. The van der Waals surface area contributed by atoms with E-state index in [4.69, 9.17) is 9.47 Å². The van der Waals surface area contributed by atoms with Gasteiger partial charge in [0.15, 0.2) is 0 Å². The van der Waals surface area contributed by atoms with E-state index in [1.807, 2.05) is 24.3 Å². The van der Waals surface area contributed by atoms with E-state index in [1.165, 1.54) is 0 Å². The molecule has 1 fully saturated rings. The first-order valence-electron chi connectivity index (χ1n) is 6.65. The average Bonchev–Trinajstić information content (AvgIpc) is 2.40. The van der Waals surface area contributed by atoms with Crippen molar-refractivity contribution in [3.8, 4) is 11.5 Å². The maximum Gasteiger partial charge on any atom is 0.123 e. The molecule has 0 spiro atoms. The lowest BCUT2D eigenvalue weighted by atomic mass is 9.60. The van der Waals surface area contributed by atoms with Gasteiger partial charge >= 0.3 is 0 Å². The summed E-state index contributed by atoms with van der Waals surface area (Å²) in [5.41, 5.74) is -0.0803. The number of benzene rings is 1. The minimum atomic E-state index is -0.233. The Morgan fingerprint density at radius 2 is 1.94 bits per heavy atom. The standard InChI is InChI=1S/C15H22O3/c1-4-15(5-2)13(16)10-14(15)18-12-8-6-7-11(9-12)17-3/h6-9,13-14,16H,4-5,10H2,1-3H3. The first-order chi connectivity index (χ1) is 8.66. The summed E-state index contributed by atoms with van der Waals surface area (Å²) in [5, 5.41) is 10.0. The second-order valence-corrected chi connectivity index (χ2v) is 4.98. The molecule has 1 aromatic rings. The summed E-state index contributed by atoms with van der Waals surface area (Å²) in [7, 11) is 1.65. The van der Waals surface area contributed by atoms with Crippen molar-refractivity contribution in [1.29, 1.82) is 0 Å². The van der Waals surface area contributed by atoms with Gasteiger partial charge in [-0.2, -0.15) is 0 Å². The number of methoxy groups -OCH3 is 1. The van der Waals surface area contributed by atoms with Gasteiger partial charge in [0, 0.05) is 17.9 Å². The lowest BCUT2D eigenvalue weighted by Crippen LogP contribution is -2.59.